The first-order chi connectivity index (χ1) is 13.6. The summed E-state index contributed by atoms with van der Waals surface area (Å²) in [6.45, 7) is 4.37. The molecule has 1 amide bonds. The van der Waals surface area contributed by atoms with E-state index < -0.39 is 0 Å². The molecule has 2 heterocycles. The van der Waals surface area contributed by atoms with Crippen molar-refractivity contribution in [2.24, 2.45) is 0 Å². The fourth-order valence-corrected chi connectivity index (χ4v) is 3.38. The molecule has 7 heteroatoms. The van der Waals surface area contributed by atoms with E-state index in [4.69, 9.17) is 9.47 Å². The molecule has 0 bridgehead atoms. The van der Waals surface area contributed by atoms with E-state index in [9.17, 15) is 4.79 Å². The maximum Gasteiger partial charge on any atom is 0.234 e. The Hall–Kier alpha value is -3.06. The number of amides is 1. The number of hydrogen-bond donors (Lipinski definition) is 1. The zero-order valence-corrected chi connectivity index (χ0v) is 16.4. The third-order valence-electron chi connectivity index (χ3n) is 4.45. The maximum absolute atomic E-state index is 12.2. The van der Waals surface area contributed by atoms with Crippen LogP contribution in [0.25, 0.3) is 11.3 Å². The fourth-order valence-electron chi connectivity index (χ4n) is 2.76. The highest BCUT2D eigenvalue weighted by Crippen LogP contribution is 2.34. The van der Waals surface area contributed by atoms with Crippen LogP contribution in [0.15, 0.2) is 53.6 Å². The molecule has 28 heavy (non-hydrogen) atoms. The molecule has 1 aromatic heterocycles. The Morgan fingerprint density at radius 2 is 1.86 bits per heavy atom. The number of nitrogens with zero attached hydrogens (tertiary/aromatic N) is 2. The van der Waals surface area contributed by atoms with Crippen LogP contribution < -0.4 is 14.8 Å². The van der Waals surface area contributed by atoms with Gasteiger partial charge in [-0.3, -0.25) is 4.79 Å². The third kappa shape index (κ3) is 4.09. The quantitative estimate of drug-likeness (QED) is 0.654. The normalized spacial score (nSPS) is 12.1. The summed E-state index contributed by atoms with van der Waals surface area (Å²) in [4.78, 5) is 12.2. The molecular weight excluding hydrogens is 374 g/mol. The van der Waals surface area contributed by atoms with Gasteiger partial charge in [-0.05, 0) is 55.3 Å². The molecule has 0 saturated heterocycles. The molecule has 142 valence electrons. The van der Waals surface area contributed by atoms with Crippen molar-refractivity contribution >= 4 is 23.4 Å². The lowest BCUT2D eigenvalue weighted by molar-refractivity contribution is -0.113. The van der Waals surface area contributed by atoms with Gasteiger partial charge in [0.15, 0.2) is 11.5 Å². The highest BCUT2D eigenvalue weighted by Gasteiger charge is 2.14. The van der Waals surface area contributed by atoms with Gasteiger partial charge >= 0.3 is 0 Å². The lowest BCUT2D eigenvalue weighted by Gasteiger charge is -2.07. The highest BCUT2D eigenvalue weighted by atomic mass is 32.2. The van der Waals surface area contributed by atoms with E-state index in [1.165, 1.54) is 22.9 Å². The molecule has 3 aromatic rings. The van der Waals surface area contributed by atoms with Gasteiger partial charge in [-0.15, -0.1) is 10.2 Å². The summed E-state index contributed by atoms with van der Waals surface area (Å²) in [5.41, 5.74) is 4.99. The molecule has 0 saturated carbocycles. The van der Waals surface area contributed by atoms with Gasteiger partial charge in [0.2, 0.25) is 12.7 Å². The second-order valence-electron chi connectivity index (χ2n) is 6.46. The molecule has 6 nitrogen and oxygen atoms in total. The average molecular weight is 393 g/mol. The van der Waals surface area contributed by atoms with Gasteiger partial charge in [-0.25, -0.2) is 0 Å². The van der Waals surface area contributed by atoms with E-state index >= 15 is 0 Å². The van der Waals surface area contributed by atoms with Crippen LogP contribution in [-0.4, -0.2) is 28.7 Å². The molecule has 2 aromatic carbocycles. The lowest BCUT2D eigenvalue weighted by atomic mass is 10.0. The Bertz CT molecular complexity index is 1020. The Morgan fingerprint density at radius 3 is 2.64 bits per heavy atom. The number of anilines is 1. The van der Waals surface area contributed by atoms with Gasteiger partial charge < -0.3 is 14.8 Å². The van der Waals surface area contributed by atoms with Crippen LogP contribution in [0.2, 0.25) is 0 Å². The summed E-state index contributed by atoms with van der Waals surface area (Å²) in [6, 6.07) is 15.4. The highest BCUT2D eigenvalue weighted by molar-refractivity contribution is 7.99. The van der Waals surface area contributed by atoms with E-state index in [-0.39, 0.29) is 18.5 Å². The summed E-state index contributed by atoms with van der Waals surface area (Å²) < 4.78 is 10.6. The standard InChI is InChI=1S/C21H19N3O3S/c1-13-3-4-15(9-14(13)2)17-6-8-21(24-23-17)28-11-20(25)22-16-5-7-18-19(10-16)27-12-26-18/h3-10H,11-12H2,1-2H3,(H,22,25). The minimum absolute atomic E-state index is 0.121. The molecule has 4 rings (SSSR count). The first-order valence-corrected chi connectivity index (χ1v) is 9.81. The lowest BCUT2D eigenvalue weighted by Crippen LogP contribution is -2.14. The number of carbonyl (C=O) groups excluding carboxylic acids is 1. The van der Waals surface area contributed by atoms with E-state index in [2.05, 4.69) is 41.5 Å². The molecule has 0 unspecified atom stereocenters. The molecule has 1 aliphatic heterocycles. The van der Waals surface area contributed by atoms with Crippen LogP contribution in [0.3, 0.4) is 0 Å². The molecule has 0 atom stereocenters. The van der Waals surface area contributed by atoms with E-state index in [0.29, 0.717) is 22.2 Å². The molecule has 1 N–H and O–H groups in total. The zero-order chi connectivity index (χ0) is 19.5. The minimum Gasteiger partial charge on any atom is -0.454 e. The summed E-state index contributed by atoms with van der Waals surface area (Å²) in [5.74, 6) is 1.44. The summed E-state index contributed by atoms with van der Waals surface area (Å²) in [5, 5.41) is 12.1. The van der Waals surface area contributed by atoms with Crippen molar-refractivity contribution in [1.82, 2.24) is 10.2 Å². The molecule has 0 fully saturated rings. The Kier molecular flexibility index (Phi) is 5.16. The summed E-state index contributed by atoms with van der Waals surface area (Å²) in [6.07, 6.45) is 0. The third-order valence-corrected chi connectivity index (χ3v) is 5.37. The Labute approximate surface area is 167 Å². The van der Waals surface area contributed by atoms with Gasteiger partial charge in [0.25, 0.3) is 0 Å². The number of thioether (sulfide) groups is 1. The number of carbonyl (C=O) groups is 1. The zero-order valence-electron chi connectivity index (χ0n) is 15.6. The van der Waals surface area contributed by atoms with Gasteiger partial charge in [-0.1, -0.05) is 23.9 Å². The topological polar surface area (TPSA) is 73.3 Å². The minimum atomic E-state index is -0.121. The predicted octanol–water partition coefficient (Wildman–Crippen LogP) is 4.22. The molecule has 1 aliphatic rings. The van der Waals surface area contributed by atoms with Gasteiger partial charge in [-0.2, -0.15) is 0 Å². The van der Waals surface area contributed by atoms with Crippen LogP contribution in [0.5, 0.6) is 11.5 Å². The van der Waals surface area contributed by atoms with Crippen molar-refractivity contribution in [3.63, 3.8) is 0 Å². The van der Waals surface area contributed by atoms with Gasteiger partial charge in [0.1, 0.15) is 5.03 Å². The van der Waals surface area contributed by atoms with Crippen molar-refractivity contribution < 1.29 is 14.3 Å². The molecule has 0 aliphatic carbocycles. The predicted molar refractivity (Wildman–Crippen MR) is 109 cm³/mol. The van der Waals surface area contributed by atoms with Crippen molar-refractivity contribution in [3.05, 3.63) is 59.7 Å². The average Bonchev–Trinajstić information content (AvgIpc) is 3.17. The molecule has 0 radical (unpaired) electrons. The number of hydrogen-bond acceptors (Lipinski definition) is 6. The number of ether oxygens (including phenoxy) is 2. The second kappa shape index (κ2) is 7.90. The van der Waals surface area contributed by atoms with E-state index in [1.54, 1.807) is 18.2 Å². The summed E-state index contributed by atoms with van der Waals surface area (Å²) >= 11 is 1.34. The number of aromatic nitrogens is 2. The largest absolute Gasteiger partial charge is 0.454 e. The number of benzene rings is 2. The maximum atomic E-state index is 12.2. The van der Waals surface area contributed by atoms with Crippen LogP contribution >= 0.6 is 11.8 Å². The van der Waals surface area contributed by atoms with Crippen molar-refractivity contribution in [2.75, 3.05) is 17.9 Å². The monoisotopic (exact) mass is 393 g/mol. The van der Waals surface area contributed by atoms with Gasteiger partial charge in [0.05, 0.1) is 11.4 Å². The second-order valence-corrected chi connectivity index (χ2v) is 7.46. The first-order valence-electron chi connectivity index (χ1n) is 8.82. The molecule has 0 spiro atoms. The fraction of sp³-hybridized carbons (Fsp3) is 0.190. The summed E-state index contributed by atoms with van der Waals surface area (Å²) in [7, 11) is 0. The number of aryl methyl sites for hydroxylation is 2. The first kappa shape index (κ1) is 18.3. The van der Waals surface area contributed by atoms with Crippen LogP contribution in [0, 0.1) is 13.8 Å². The number of fused-ring (bicyclic) bond motifs is 1. The molecular formula is C21H19N3O3S. The number of nitrogens with one attached hydrogen (secondary N) is 1. The van der Waals surface area contributed by atoms with Crippen LogP contribution in [-0.2, 0) is 4.79 Å². The smallest absolute Gasteiger partial charge is 0.234 e. The van der Waals surface area contributed by atoms with E-state index in [1.807, 2.05) is 18.2 Å². The van der Waals surface area contributed by atoms with Crippen molar-refractivity contribution in [1.29, 1.82) is 0 Å². The van der Waals surface area contributed by atoms with Gasteiger partial charge in [0, 0.05) is 17.3 Å². The number of rotatable bonds is 5. The Morgan fingerprint density at radius 1 is 1.00 bits per heavy atom. The van der Waals surface area contributed by atoms with E-state index in [0.717, 1.165) is 11.3 Å². The SMILES string of the molecule is Cc1ccc(-c2ccc(SCC(=O)Nc3ccc4c(c3)OCO4)nn2)cc1C. The van der Waals surface area contributed by atoms with Crippen LogP contribution in [0.1, 0.15) is 11.1 Å². The van der Waals surface area contributed by atoms with Crippen molar-refractivity contribution in [2.45, 2.75) is 18.9 Å². The van der Waals surface area contributed by atoms with Crippen LogP contribution in [0.4, 0.5) is 5.69 Å². The van der Waals surface area contributed by atoms with Crippen molar-refractivity contribution in [3.8, 4) is 22.8 Å². The Balaban J connectivity index is 1.34.